The van der Waals surface area contributed by atoms with E-state index in [2.05, 4.69) is 20.8 Å². The van der Waals surface area contributed by atoms with Gasteiger partial charge in [-0.1, -0.05) is 46.0 Å². The Balaban J connectivity index is 2.44. The summed E-state index contributed by atoms with van der Waals surface area (Å²) in [5.74, 6) is 0. The Morgan fingerprint density at radius 2 is 1.07 bits per heavy atom. The average Bonchev–Trinajstić information content (AvgIpc) is 2.13. The number of hydrogen-bond acceptors (Lipinski definition) is 1. The Hall–Kier alpha value is -0.0400. The molecule has 15 heavy (non-hydrogen) atoms. The second-order valence-corrected chi connectivity index (χ2v) is 6.59. The highest BCUT2D eigenvalue weighted by Crippen LogP contribution is 2.32. The van der Waals surface area contributed by atoms with Gasteiger partial charge < -0.3 is 5.73 Å². The van der Waals surface area contributed by atoms with Crippen LogP contribution in [0.5, 0.6) is 0 Å². The van der Waals surface area contributed by atoms with Gasteiger partial charge in [-0.2, -0.15) is 0 Å². The molecule has 0 heterocycles. The minimum absolute atomic E-state index is 0.106. The van der Waals surface area contributed by atoms with Gasteiger partial charge in [-0.25, -0.2) is 0 Å². The first-order valence-electron chi connectivity index (χ1n) is 6.70. The molecule has 0 radical (unpaired) electrons. The quantitative estimate of drug-likeness (QED) is 0.636. The van der Waals surface area contributed by atoms with Crippen LogP contribution in [0.2, 0.25) is 0 Å². The lowest BCUT2D eigenvalue weighted by molar-refractivity contribution is 0.284. The van der Waals surface area contributed by atoms with E-state index in [-0.39, 0.29) is 5.54 Å². The van der Waals surface area contributed by atoms with Crippen molar-refractivity contribution in [1.29, 1.82) is 0 Å². The topological polar surface area (TPSA) is 26.0 Å². The number of rotatable bonds is 0. The van der Waals surface area contributed by atoms with Crippen LogP contribution in [0, 0.1) is 5.41 Å². The molecule has 1 saturated carbocycles. The Bertz CT molecular complexity index is 162. The van der Waals surface area contributed by atoms with E-state index in [1.54, 1.807) is 0 Å². The minimum atomic E-state index is 0.106. The van der Waals surface area contributed by atoms with Gasteiger partial charge in [0.05, 0.1) is 0 Å². The maximum Gasteiger partial charge on any atom is 0.0125 e. The molecule has 90 valence electrons. The molecule has 1 unspecified atom stereocenters. The van der Waals surface area contributed by atoms with Crippen LogP contribution in [-0.2, 0) is 0 Å². The first-order valence-corrected chi connectivity index (χ1v) is 6.70. The van der Waals surface area contributed by atoms with Gasteiger partial charge in [0.15, 0.2) is 0 Å². The first-order chi connectivity index (χ1) is 6.91. The highest BCUT2D eigenvalue weighted by molar-refractivity contribution is 4.80. The van der Waals surface area contributed by atoms with Gasteiger partial charge in [0.25, 0.3) is 0 Å². The first kappa shape index (κ1) is 13.0. The summed E-state index contributed by atoms with van der Waals surface area (Å²) < 4.78 is 0. The monoisotopic (exact) mass is 211 g/mol. The summed E-state index contributed by atoms with van der Waals surface area (Å²) in [6.45, 7) is 7.08. The summed E-state index contributed by atoms with van der Waals surface area (Å²) in [6.07, 6.45) is 12.0. The van der Waals surface area contributed by atoms with Gasteiger partial charge in [-0.05, 0) is 38.0 Å². The molecule has 1 fully saturated rings. The summed E-state index contributed by atoms with van der Waals surface area (Å²) in [5.41, 5.74) is 6.96. The third kappa shape index (κ3) is 5.55. The molecule has 0 bridgehead atoms. The van der Waals surface area contributed by atoms with E-state index in [9.17, 15) is 0 Å². The predicted octanol–water partition coefficient (Wildman–Crippen LogP) is 4.25. The molecular weight excluding hydrogens is 182 g/mol. The SMILES string of the molecule is CC1(C)CCCCCC(C)(N)CCCC1. The largest absolute Gasteiger partial charge is 0.325 e. The van der Waals surface area contributed by atoms with Crippen molar-refractivity contribution < 1.29 is 0 Å². The van der Waals surface area contributed by atoms with Crippen LogP contribution in [0.1, 0.15) is 78.6 Å². The zero-order chi connectivity index (χ0) is 11.4. The zero-order valence-electron chi connectivity index (χ0n) is 10.9. The van der Waals surface area contributed by atoms with E-state index in [4.69, 9.17) is 5.73 Å². The Kier molecular flexibility index (Phi) is 4.64. The normalized spacial score (nSPS) is 34.4. The van der Waals surface area contributed by atoms with Gasteiger partial charge in [0.1, 0.15) is 0 Å². The molecule has 1 rings (SSSR count). The molecule has 1 atom stereocenters. The highest BCUT2D eigenvalue weighted by Gasteiger charge is 2.21. The van der Waals surface area contributed by atoms with Crippen molar-refractivity contribution in [3.63, 3.8) is 0 Å². The molecule has 0 saturated heterocycles. The lowest BCUT2D eigenvalue weighted by atomic mass is 9.82. The standard InChI is InChI=1S/C14H29N/c1-13(2)9-5-4-6-11-14(3,15)12-8-7-10-13/h4-12,15H2,1-3H3. The third-order valence-corrected chi connectivity index (χ3v) is 3.95. The van der Waals surface area contributed by atoms with Crippen molar-refractivity contribution in [1.82, 2.24) is 0 Å². The molecular formula is C14H29N. The molecule has 0 aliphatic heterocycles. The predicted molar refractivity (Wildman–Crippen MR) is 67.9 cm³/mol. The average molecular weight is 211 g/mol. The summed E-state index contributed by atoms with van der Waals surface area (Å²) in [4.78, 5) is 0. The Labute approximate surface area is 95.8 Å². The van der Waals surface area contributed by atoms with E-state index < -0.39 is 0 Å². The van der Waals surface area contributed by atoms with Gasteiger partial charge >= 0.3 is 0 Å². The molecule has 1 nitrogen and oxygen atoms in total. The lowest BCUT2D eigenvalue weighted by Gasteiger charge is -2.25. The van der Waals surface area contributed by atoms with Crippen molar-refractivity contribution in [3.8, 4) is 0 Å². The summed E-state index contributed by atoms with van der Waals surface area (Å²) in [7, 11) is 0. The summed E-state index contributed by atoms with van der Waals surface area (Å²) in [5, 5.41) is 0. The fourth-order valence-electron chi connectivity index (χ4n) is 2.69. The highest BCUT2D eigenvalue weighted by atomic mass is 14.7. The van der Waals surface area contributed by atoms with Crippen molar-refractivity contribution in [2.75, 3.05) is 0 Å². The van der Waals surface area contributed by atoms with Gasteiger partial charge in [-0.3, -0.25) is 0 Å². The number of nitrogens with two attached hydrogens (primary N) is 1. The van der Waals surface area contributed by atoms with Crippen molar-refractivity contribution in [2.45, 2.75) is 84.1 Å². The molecule has 0 aromatic carbocycles. The molecule has 0 amide bonds. The second-order valence-electron chi connectivity index (χ2n) is 6.59. The second kappa shape index (κ2) is 5.34. The maximum atomic E-state index is 6.29. The molecule has 2 N–H and O–H groups in total. The summed E-state index contributed by atoms with van der Waals surface area (Å²) >= 11 is 0. The van der Waals surface area contributed by atoms with E-state index in [0.717, 1.165) is 0 Å². The molecule has 1 aliphatic carbocycles. The van der Waals surface area contributed by atoms with Crippen LogP contribution in [0.4, 0.5) is 0 Å². The van der Waals surface area contributed by atoms with E-state index in [1.165, 1.54) is 57.8 Å². The van der Waals surface area contributed by atoms with Gasteiger partial charge in [-0.15, -0.1) is 0 Å². The fourth-order valence-corrected chi connectivity index (χ4v) is 2.69. The maximum absolute atomic E-state index is 6.29. The van der Waals surface area contributed by atoms with E-state index in [0.29, 0.717) is 5.41 Å². The van der Waals surface area contributed by atoms with Crippen LogP contribution < -0.4 is 5.73 Å². The molecule has 0 spiro atoms. The van der Waals surface area contributed by atoms with Crippen LogP contribution in [0.15, 0.2) is 0 Å². The number of hydrogen-bond donors (Lipinski definition) is 1. The Morgan fingerprint density at radius 3 is 1.67 bits per heavy atom. The van der Waals surface area contributed by atoms with Crippen LogP contribution in [0.25, 0.3) is 0 Å². The molecule has 1 heteroatoms. The smallest absolute Gasteiger partial charge is 0.0125 e. The zero-order valence-corrected chi connectivity index (χ0v) is 10.9. The molecule has 1 aliphatic rings. The third-order valence-electron chi connectivity index (χ3n) is 3.95. The van der Waals surface area contributed by atoms with Crippen LogP contribution in [-0.4, -0.2) is 5.54 Å². The lowest BCUT2D eigenvalue weighted by Crippen LogP contribution is -2.35. The Morgan fingerprint density at radius 1 is 0.667 bits per heavy atom. The van der Waals surface area contributed by atoms with E-state index in [1.807, 2.05) is 0 Å². The molecule has 0 aromatic rings. The van der Waals surface area contributed by atoms with Crippen molar-refractivity contribution in [3.05, 3.63) is 0 Å². The van der Waals surface area contributed by atoms with Gasteiger partial charge in [0, 0.05) is 5.54 Å². The summed E-state index contributed by atoms with van der Waals surface area (Å²) in [6, 6.07) is 0. The minimum Gasteiger partial charge on any atom is -0.325 e. The van der Waals surface area contributed by atoms with E-state index >= 15 is 0 Å². The van der Waals surface area contributed by atoms with Crippen molar-refractivity contribution in [2.24, 2.45) is 11.1 Å². The van der Waals surface area contributed by atoms with Crippen LogP contribution in [0.3, 0.4) is 0 Å². The van der Waals surface area contributed by atoms with Crippen molar-refractivity contribution >= 4 is 0 Å². The van der Waals surface area contributed by atoms with Gasteiger partial charge in [0.2, 0.25) is 0 Å². The van der Waals surface area contributed by atoms with Crippen LogP contribution >= 0.6 is 0 Å². The fraction of sp³-hybridized carbons (Fsp3) is 1.00. The molecule has 0 aromatic heterocycles.